The third-order valence-electron chi connectivity index (χ3n) is 4.99. The number of likely N-dealkylation sites (tertiary alicyclic amines) is 1. The summed E-state index contributed by atoms with van der Waals surface area (Å²) in [4.78, 5) is 27.1. The van der Waals surface area contributed by atoms with Gasteiger partial charge in [-0.15, -0.1) is 0 Å². The number of aromatic nitrogens is 4. The molecule has 1 saturated heterocycles. The van der Waals surface area contributed by atoms with Crippen LogP contribution in [0.2, 0.25) is 5.02 Å². The molecule has 1 fully saturated rings. The zero-order chi connectivity index (χ0) is 19.3. The number of nitrogens with zero attached hydrogens (tertiary/aromatic N) is 5. The van der Waals surface area contributed by atoms with E-state index in [4.69, 9.17) is 16.1 Å². The maximum Gasteiger partial charge on any atom is 0.227 e. The van der Waals surface area contributed by atoms with Gasteiger partial charge in [0.15, 0.2) is 0 Å². The van der Waals surface area contributed by atoms with Gasteiger partial charge in [0.2, 0.25) is 17.6 Å². The van der Waals surface area contributed by atoms with Crippen LogP contribution in [0.3, 0.4) is 0 Å². The fraction of sp³-hybridized carbons (Fsp3) is 0.350. The van der Waals surface area contributed by atoms with Crippen molar-refractivity contribution in [2.45, 2.75) is 25.7 Å². The number of carbonyl (C=O) groups excluding carboxylic acids is 1. The lowest BCUT2D eigenvalue weighted by atomic mass is 9.93. The summed E-state index contributed by atoms with van der Waals surface area (Å²) < 4.78 is 5.36. The first-order valence-electron chi connectivity index (χ1n) is 9.29. The van der Waals surface area contributed by atoms with Gasteiger partial charge in [-0.25, -0.2) is 4.98 Å². The van der Waals surface area contributed by atoms with Gasteiger partial charge in [-0.2, -0.15) is 4.98 Å². The van der Waals surface area contributed by atoms with Crippen molar-refractivity contribution in [3.8, 4) is 11.5 Å². The molecule has 1 aromatic carbocycles. The van der Waals surface area contributed by atoms with E-state index >= 15 is 0 Å². The van der Waals surface area contributed by atoms with Crippen LogP contribution < -0.4 is 0 Å². The largest absolute Gasteiger partial charge is 0.342 e. The van der Waals surface area contributed by atoms with E-state index in [1.165, 1.54) is 0 Å². The molecule has 3 aromatic rings. The standard InChI is InChI=1S/C20H20ClN5O2/c21-16-4-2-1-3-15(16)12-19(27)26-9-5-14(6-10-26)11-18-24-20(25-28-18)17-13-22-7-8-23-17/h1-4,7-8,13-14H,5-6,9-12H2. The highest BCUT2D eigenvalue weighted by Crippen LogP contribution is 2.23. The van der Waals surface area contributed by atoms with Crippen LogP contribution in [0.15, 0.2) is 47.4 Å². The molecule has 2 aromatic heterocycles. The summed E-state index contributed by atoms with van der Waals surface area (Å²) in [6.45, 7) is 1.47. The molecule has 3 heterocycles. The first-order chi connectivity index (χ1) is 13.7. The van der Waals surface area contributed by atoms with E-state index in [2.05, 4.69) is 20.1 Å². The second kappa shape index (κ2) is 8.48. The maximum absolute atomic E-state index is 12.6. The van der Waals surface area contributed by atoms with Gasteiger partial charge in [0.25, 0.3) is 0 Å². The minimum atomic E-state index is 0.120. The number of hydrogen-bond donors (Lipinski definition) is 0. The molecule has 0 N–H and O–H groups in total. The van der Waals surface area contributed by atoms with Crippen molar-refractivity contribution in [3.63, 3.8) is 0 Å². The SMILES string of the molecule is O=C(Cc1ccccc1Cl)N1CCC(Cc2nc(-c3cnccn3)no2)CC1. The van der Waals surface area contributed by atoms with Crippen LogP contribution in [0.25, 0.3) is 11.5 Å². The lowest BCUT2D eigenvalue weighted by Gasteiger charge is -2.31. The van der Waals surface area contributed by atoms with E-state index in [1.54, 1.807) is 18.6 Å². The average Bonchev–Trinajstić information content (AvgIpc) is 3.19. The minimum Gasteiger partial charge on any atom is -0.342 e. The smallest absolute Gasteiger partial charge is 0.227 e. The molecule has 1 aliphatic rings. The van der Waals surface area contributed by atoms with Crippen molar-refractivity contribution in [1.82, 2.24) is 25.0 Å². The molecule has 1 amide bonds. The predicted molar refractivity (Wildman–Crippen MR) is 103 cm³/mol. The summed E-state index contributed by atoms with van der Waals surface area (Å²) in [5.41, 5.74) is 1.47. The van der Waals surface area contributed by atoms with Crippen LogP contribution in [0.5, 0.6) is 0 Å². The van der Waals surface area contributed by atoms with E-state index in [9.17, 15) is 4.79 Å². The normalized spacial score (nSPS) is 15.0. The number of piperidine rings is 1. The van der Waals surface area contributed by atoms with Gasteiger partial charge in [-0.3, -0.25) is 9.78 Å². The second-order valence-corrected chi connectivity index (χ2v) is 7.31. The van der Waals surface area contributed by atoms with E-state index in [-0.39, 0.29) is 5.91 Å². The zero-order valence-electron chi connectivity index (χ0n) is 15.3. The van der Waals surface area contributed by atoms with E-state index in [0.717, 1.165) is 31.5 Å². The number of benzene rings is 1. The second-order valence-electron chi connectivity index (χ2n) is 6.90. The van der Waals surface area contributed by atoms with Gasteiger partial charge in [0, 0.05) is 36.9 Å². The maximum atomic E-state index is 12.6. The molecule has 0 unspecified atom stereocenters. The van der Waals surface area contributed by atoms with E-state index in [0.29, 0.717) is 41.2 Å². The van der Waals surface area contributed by atoms with Crippen molar-refractivity contribution < 1.29 is 9.32 Å². The van der Waals surface area contributed by atoms with E-state index in [1.807, 2.05) is 29.2 Å². The Hall–Kier alpha value is -2.80. The van der Waals surface area contributed by atoms with E-state index < -0.39 is 0 Å². The molecule has 4 rings (SSSR count). The lowest BCUT2D eigenvalue weighted by molar-refractivity contribution is -0.131. The van der Waals surface area contributed by atoms with Crippen LogP contribution in [0.1, 0.15) is 24.3 Å². The number of rotatable bonds is 5. The Labute approximate surface area is 167 Å². The molecule has 0 aliphatic carbocycles. The highest BCUT2D eigenvalue weighted by molar-refractivity contribution is 6.31. The summed E-state index contributed by atoms with van der Waals surface area (Å²) in [5.74, 6) is 1.59. The van der Waals surface area contributed by atoms with Crippen molar-refractivity contribution in [2.75, 3.05) is 13.1 Å². The minimum absolute atomic E-state index is 0.120. The summed E-state index contributed by atoms with van der Waals surface area (Å²) >= 11 is 6.16. The molecular formula is C20H20ClN5O2. The average molecular weight is 398 g/mol. The third-order valence-corrected chi connectivity index (χ3v) is 5.36. The Kier molecular flexibility index (Phi) is 5.62. The van der Waals surface area contributed by atoms with Crippen molar-refractivity contribution in [1.29, 1.82) is 0 Å². The summed E-state index contributed by atoms with van der Waals surface area (Å²) in [7, 11) is 0. The molecule has 0 radical (unpaired) electrons. The molecule has 0 bridgehead atoms. The lowest BCUT2D eigenvalue weighted by Crippen LogP contribution is -2.39. The Morgan fingerprint density at radius 3 is 2.79 bits per heavy atom. The molecule has 0 spiro atoms. The Morgan fingerprint density at radius 2 is 2.04 bits per heavy atom. The predicted octanol–water partition coefficient (Wildman–Crippen LogP) is 3.20. The van der Waals surface area contributed by atoms with Gasteiger partial charge < -0.3 is 9.42 Å². The first kappa shape index (κ1) is 18.6. The van der Waals surface area contributed by atoms with Crippen LogP contribution in [0, 0.1) is 5.92 Å². The van der Waals surface area contributed by atoms with Crippen molar-refractivity contribution in [3.05, 3.63) is 59.3 Å². The molecule has 7 nitrogen and oxygen atoms in total. The zero-order valence-corrected chi connectivity index (χ0v) is 16.0. The van der Waals surface area contributed by atoms with Crippen molar-refractivity contribution >= 4 is 17.5 Å². The summed E-state index contributed by atoms with van der Waals surface area (Å²) in [5, 5.41) is 4.62. The molecule has 0 saturated carbocycles. The van der Waals surface area contributed by atoms with Gasteiger partial charge in [0.05, 0.1) is 12.6 Å². The monoisotopic (exact) mass is 397 g/mol. The molecule has 8 heteroatoms. The molecule has 0 atom stereocenters. The van der Waals surface area contributed by atoms with Gasteiger partial charge in [0.1, 0.15) is 5.69 Å². The highest BCUT2D eigenvalue weighted by Gasteiger charge is 2.25. The summed E-state index contributed by atoms with van der Waals surface area (Å²) in [6, 6.07) is 7.49. The molecular weight excluding hydrogens is 378 g/mol. The Balaban J connectivity index is 1.29. The molecule has 144 valence electrons. The highest BCUT2D eigenvalue weighted by atomic mass is 35.5. The Morgan fingerprint density at radius 1 is 1.21 bits per heavy atom. The summed E-state index contributed by atoms with van der Waals surface area (Å²) in [6.07, 6.45) is 7.69. The fourth-order valence-corrected chi connectivity index (χ4v) is 3.61. The Bertz CT molecular complexity index is 939. The molecule has 1 aliphatic heterocycles. The van der Waals surface area contributed by atoms with Gasteiger partial charge >= 0.3 is 0 Å². The third kappa shape index (κ3) is 4.36. The quantitative estimate of drug-likeness (QED) is 0.657. The van der Waals surface area contributed by atoms with Crippen LogP contribution in [0.4, 0.5) is 0 Å². The van der Waals surface area contributed by atoms with Crippen molar-refractivity contribution in [2.24, 2.45) is 5.92 Å². The number of carbonyl (C=O) groups is 1. The topological polar surface area (TPSA) is 85.0 Å². The van der Waals surface area contributed by atoms with Crippen LogP contribution >= 0.6 is 11.6 Å². The van der Waals surface area contributed by atoms with Gasteiger partial charge in [-0.1, -0.05) is 35.0 Å². The number of halogens is 1. The fourth-order valence-electron chi connectivity index (χ4n) is 3.41. The van der Waals surface area contributed by atoms with Gasteiger partial charge in [-0.05, 0) is 30.4 Å². The first-order valence-corrected chi connectivity index (χ1v) is 9.67. The number of hydrogen-bond acceptors (Lipinski definition) is 6. The number of amides is 1. The van der Waals surface area contributed by atoms with Crippen LogP contribution in [-0.2, 0) is 17.6 Å². The van der Waals surface area contributed by atoms with Crippen LogP contribution in [-0.4, -0.2) is 44.0 Å². The molecule has 28 heavy (non-hydrogen) atoms.